The Balaban J connectivity index is 2.88. The molecule has 1 fully saturated rings. The Bertz CT molecular complexity index is 333. The lowest BCUT2D eigenvalue weighted by Crippen LogP contribution is -2.63. The third kappa shape index (κ3) is 3.70. The van der Waals surface area contributed by atoms with Crippen LogP contribution in [-0.2, 0) is 18.6 Å². The summed E-state index contributed by atoms with van der Waals surface area (Å²) < 4.78 is 19.8. The third-order valence-corrected chi connectivity index (χ3v) is 2.86. The fourth-order valence-electron chi connectivity index (χ4n) is 1.56. The Kier molecular flexibility index (Phi) is 5.20. The lowest BCUT2D eigenvalue weighted by atomic mass is 9.97. The van der Waals surface area contributed by atoms with Crippen molar-refractivity contribution in [1.82, 2.24) is 5.32 Å². The molecule has 11 heteroatoms. The molecule has 1 rings (SSSR count). The number of phosphoric ester groups is 1. The number of hydrogen-bond donors (Lipinski definition) is 6. The van der Waals surface area contributed by atoms with Crippen molar-refractivity contribution in [3.05, 3.63) is 0 Å². The van der Waals surface area contributed by atoms with Gasteiger partial charge in [0.1, 0.15) is 24.4 Å². The van der Waals surface area contributed by atoms with Gasteiger partial charge in [0.2, 0.25) is 6.41 Å². The second kappa shape index (κ2) is 6.04. The second-order valence-corrected chi connectivity index (χ2v) is 4.80. The van der Waals surface area contributed by atoms with Gasteiger partial charge in [-0.05, 0) is 0 Å². The molecule has 1 heterocycles. The molecule has 6 N–H and O–H groups in total. The van der Waals surface area contributed by atoms with Crippen molar-refractivity contribution in [1.29, 1.82) is 0 Å². The van der Waals surface area contributed by atoms with Crippen molar-refractivity contribution in [3.8, 4) is 0 Å². The van der Waals surface area contributed by atoms with Crippen molar-refractivity contribution in [2.45, 2.75) is 30.6 Å². The minimum absolute atomic E-state index is 0.152. The molecule has 10 nitrogen and oxygen atoms in total. The summed E-state index contributed by atoms with van der Waals surface area (Å²) in [6.07, 6.45) is -5.99. The number of nitrogens with one attached hydrogen (secondary N) is 1. The number of ether oxygens (including phenoxy) is 1. The van der Waals surface area contributed by atoms with E-state index in [9.17, 15) is 19.6 Å². The van der Waals surface area contributed by atoms with Gasteiger partial charge >= 0.3 is 7.82 Å². The van der Waals surface area contributed by atoms with Crippen molar-refractivity contribution in [2.24, 2.45) is 0 Å². The second-order valence-electron chi connectivity index (χ2n) is 3.61. The van der Waals surface area contributed by atoms with E-state index in [4.69, 9.17) is 19.6 Å². The zero-order valence-electron chi connectivity index (χ0n) is 8.99. The molecular formula is C7H14NO9P. The molecule has 0 aromatic heterocycles. The van der Waals surface area contributed by atoms with E-state index < -0.39 is 45.1 Å². The Labute approximate surface area is 101 Å². The molecule has 0 radical (unpaired) electrons. The van der Waals surface area contributed by atoms with Crippen LogP contribution in [0.2, 0.25) is 0 Å². The Hall–Kier alpha value is -0.580. The first-order chi connectivity index (χ1) is 8.30. The highest BCUT2D eigenvalue weighted by molar-refractivity contribution is 7.46. The van der Waals surface area contributed by atoms with Crippen LogP contribution < -0.4 is 5.32 Å². The summed E-state index contributed by atoms with van der Waals surface area (Å²) in [5.74, 6) is 0. The van der Waals surface area contributed by atoms with Gasteiger partial charge in [-0.15, -0.1) is 0 Å². The van der Waals surface area contributed by atoms with Gasteiger partial charge in [-0.1, -0.05) is 0 Å². The van der Waals surface area contributed by atoms with E-state index in [1.54, 1.807) is 0 Å². The van der Waals surface area contributed by atoms with Gasteiger partial charge in [-0.2, -0.15) is 0 Å². The molecular weight excluding hydrogens is 273 g/mol. The van der Waals surface area contributed by atoms with Crippen molar-refractivity contribution >= 4 is 14.2 Å². The lowest BCUT2D eigenvalue weighted by molar-refractivity contribution is -0.247. The van der Waals surface area contributed by atoms with Crippen LogP contribution in [0.3, 0.4) is 0 Å². The first-order valence-corrected chi connectivity index (χ1v) is 6.39. The maximum atomic E-state index is 10.7. The zero-order chi connectivity index (χ0) is 13.9. The molecule has 5 atom stereocenters. The van der Waals surface area contributed by atoms with Crippen LogP contribution in [-0.4, -0.2) is 68.8 Å². The normalized spacial score (nSPS) is 37.3. The van der Waals surface area contributed by atoms with Crippen LogP contribution in [0.4, 0.5) is 0 Å². The lowest BCUT2D eigenvalue weighted by Gasteiger charge is -2.41. The molecule has 106 valence electrons. The summed E-state index contributed by atoms with van der Waals surface area (Å²) >= 11 is 0. The monoisotopic (exact) mass is 287 g/mol. The molecule has 0 aromatic carbocycles. The van der Waals surface area contributed by atoms with Crippen molar-refractivity contribution in [2.75, 3.05) is 6.61 Å². The van der Waals surface area contributed by atoms with E-state index >= 15 is 0 Å². The molecule has 1 unspecified atom stereocenters. The van der Waals surface area contributed by atoms with E-state index in [2.05, 4.69) is 4.52 Å². The summed E-state index contributed by atoms with van der Waals surface area (Å²) in [7, 11) is -4.93. The highest BCUT2D eigenvalue weighted by Crippen LogP contribution is 2.40. The molecule has 0 aliphatic carbocycles. The molecule has 1 amide bonds. The maximum Gasteiger partial charge on any atom is 0.472 e. The van der Waals surface area contributed by atoms with Crippen molar-refractivity contribution < 1.29 is 43.7 Å². The van der Waals surface area contributed by atoms with Gasteiger partial charge in [0.05, 0.1) is 6.61 Å². The molecule has 0 bridgehead atoms. The van der Waals surface area contributed by atoms with Gasteiger partial charge in [-0.3, -0.25) is 9.32 Å². The van der Waals surface area contributed by atoms with Gasteiger partial charge < -0.3 is 35.2 Å². The molecule has 0 aromatic rings. The van der Waals surface area contributed by atoms with E-state index in [-0.39, 0.29) is 6.41 Å². The average molecular weight is 287 g/mol. The molecule has 1 aliphatic rings. The Morgan fingerprint density at radius 2 is 1.94 bits per heavy atom. The predicted molar refractivity (Wildman–Crippen MR) is 53.9 cm³/mol. The van der Waals surface area contributed by atoms with Crippen LogP contribution >= 0.6 is 7.82 Å². The minimum atomic E-state index is -4.93. The van der Waals surface area contributed by atoms with Crippen LogP contribution in [0.5, 0.6) is 0 Å². The summed E-state index contributed by atoms with van der Waals surface area (Å²) in [5, 5.41) is 30.0. The van der Waals surface area contributed by atoms with E-state index in [0.29, 0.717) is 0 Å². The smallest absolute Gasteiger partial charge is 0.394 e. The number of aliphatic hydroxyl groups excluding tert-OH is 3. The molecule has 1 saturated heterocycles. The molecule has 1 aliphatic heterocycles. The predicted octanol–water partition coefficient (Wildman–Crippen LogP) is -3.35. The zero-order valence-corrected chi connectivity index (χ0v) is 9.88. The number of carbonyl (C=O) groups excluding carboxylic acids is 1. The first kappa shape index (κ1) is 15.5. The topological polar surface area (TPSA) is 166 Å². The highest BCUT2D eigenvalue weighted by atomic mass is 31.2. The van der Waals surface area contributed by atoms with Crippen molar-refractivity contribution in [3.63, 3.8) is 0 Å². The van der Waals surface area contributed by atoms with E-state index in [1.807, 2.05) is 5.32 Å². The van der Waals surface area contributed by atoms with Gasteiger partial charge in [-0.25, -0.2) is 4.57 Å². The Morgan fingerprint density at radius 3 is 2.39 bits per heavy atom. The summed E-state index contributed by atoms with van der Waals surface area (Å²) in [5.41, 5.74) is 0. The first-order valence-electron chi connectivity index (χ1n) is 4.86. The number of amides is 1. The fourth-order valence-corrected chi connectivity index (χ4v) is 2.01. The number of carbonyl (C=O) groups is 1. The largest absolute Gasteiger partial charge is 0.472 e. The van der Waals surface area contributed by atoms with E-state index in [0.717, 1.165) is 0 Å². The molecule has 18 heavy (non-hydrogen) atoms. The number of hydrogen-bond acceptors (Lipinski definition) is 7. The summed E-state index contributed by atoms with van der Waals surface area (Å²) in [6.45, 7) is -0.701. The number of phosphoric acid groups is 1. The SMILES string of the molecule is O=CN[C@H]1C(OP(=O)(O)O)O[C@H](CO)[C@@H](O)[C@@H]1O. The van der Waals surface area contributed by atoms with Gasteiger partial charge in [0, 0.05) is 0 Å². The van der Waals surface area contributed by atoms with Crippen LogP contribution in [0.15, 0.2) is 0 Å². The third-order valence-electron chi connectivity index (χ3n) is 2.38. The highest BCUT2D eigenvalue weighted by Gasteiger charge is 2.46. The van der Waals surface area contributed by atoms with Gasteiger partial charge in [0.15, 0.2) is 6.29 Å². The number of rotatable bonds is 5. The fraction of sp³-hybridized carbons (Fsp3) is 0.857. The van der Waals surface area contributed by atoms with E-state index in [1.165, 1.54) is 0 Å². The van der Waals surface area contributed by atoms with Crippen LogP contribution in [0, 0.1) is 0 Å². The van der Waals surface area contributed by atoms with Crippen LogP contribution in [0.25, 0.3) is 0 Å². The minimum Gasteiger partial charge on any atom is -0.394 e. The van der Waals surface area contributed by atoms with Gasteiger partial charge in [0.25, 0.3) is 0 Å². The standard InChI is InChI=1S/C7H14NO9P/c9-1-3-5(11)6(12)4(8-2-10)7(16-3)17-18(13,14)15/h2-7,9,11-12H,1H2,(H,8,10)(H2,13,14,15)/t3-,4-,5-,6-,7?/m1/s1. The summed E-state index contributed by atoms with van der Waals surface area (Å²) in [6, 6.07) is -1.38. The number of aliphatic hydroxyl groups is 3. The molecule has 0 spiro atoms. The van der Waals surface area contributed by atoms with Crippen LogP contribution in [0.1, 0.15) is 0 Å². The maximum absolute atomic E-state index is 10.7. The average Bonchev–Trinajstić information content (AvgIpc) is 2.26. The molecule has 0 saturated carbocycles. The summed E-state index contributed by atoms with van der Waals surface area (Å²) in [4.78, 5) is 27.6. The quantitative estimate of drug-likeness (QED) is 0.224. The Morgan fingerprint density at radius 1 is 1.33 bits per heavy atom.